The summed E-state index contributed by atoms with van der Waals surface area (Å²) in [5, 5.41) is 2.89. The highest BCUT2D eigenvalue weighted by atomic mass is 19.1. The second kappa shape index (κ2) is 10.9. The fraction of sp³-hybridized carbons (Fsp3) is 0.320. The Kier molecular flexibility index (Phi) is 7.54. The third-order valence-corrected chi connectivity index (χ3v) is 5.70. The second-order valence-electron chi connectivity index (χ2n) is 8.05. The predicted octanol–water partition coefficient (Wildman–Crippen LogP) is 3.13. The van der Waals surface area contributed by atoms with E-state index in [0.717, 1.165) is 11.8 Å². The lowest BCUT2D eigenvalue weighted by atomic mass is 9.95. The van der Waals surface area contributed by atoms with Crippen LogP contribution in [0.3, 0.4) is 0 Å². The standard InChI is InChI=1S/C25H25FN2O6/c26-20-12-18(24-19(13-20)14-32-16-34-24)6-7-23(30)33-15-22(29)28-10-8-17(9-11-28)25(31)27-21-4-2-1-3-5-21/h1-7,12-13,17H,8-11,14-16H2,(H,27,31)/b7-6+. The number of fused-ring (bicyclic) bond motifs is 1. The van der Waals surface area contributed by atoms with E-state index in [4.69, 9.17) is 14.2 Å². The van der Waals surface area contributed by atoms with Gasteiger partial charge in [0.05, 0.1) is 6.61 Å². The average molecular weight is 468 g/mol. The number of carbonyl (C=O) groups is 3. The molecule has 2 amide bonds. The van der Waals surface area contributed by atoms with Gasteiger partial charge in [-0.05, 0) is 43.2 Å². The number of likely N-dealkylation sites (tertiary alicyclic amines) is 1. The molecule has 2 aromatic carbocycles. The van der Waals surface area contributed by atoms with E-state index in [1.54, 1.807) is 4.90 Å². The summed E-state index contributed by atoms with van der Waals surface area (Å²) in [5.41, 5.74) is 1.68. The summed E-state index contributed by atoms with van der Waals surface area (Å²) >= 11 is 0. The van der Waals surface area contributed by atoms with Gasteiger partial charge in [-0.1, -0.05) is 18.2 Å². The number of carbonyl (C=O) groups excluding carboxylic acids is 3. The lowest BCUT2D eigenvalue weighted by Gasteiger charge is -2.31. The van der Waals surface area contributed by atoms with Crippen molar-refractivity contribution in [3.8, 4) is 5.75 Å². The lowest BCUT2D eigenvalue weighted by Crippen LogP contribution is -2.43. The number of rotatable bonds is 6. The van der Waals surface area contributed by atoms with E-state index >= 15 is 0 Å². The Morgan fingerprint density at radius 1 is 1.15 bits per heavy atom. The van der Waals surface area contributed by atoms with Gasteiger partial charge in [0, 0.05) is 41.9 Å². The molecule has 1 fully saturated rings. The summed E-state index contributed by atoms with van der Waals surface area (Å²) in [6.07, 6.45) is 3.58. The van der Waals surface area contributed by atoms with Gasteiger partial charge in [0.1, 0.15) is 11.6 Å². The Hall–Kier alpha value is -3.72. The fourth-order valence-electron chi connectivity index (χ4n) is 3.92. The quantitative estimate of drug-likeness (QED) is 0.517. The van der Waals surface area contributed by atoms with E-state index in [1.165, 1.54) is 18.2 Å². The molecule has 34 heavy (non-hydrogen) atoms. The van der Waals surface area contributed by atoms with Crippen LogP contribution in [0, 0.1) is 11.7 Å². The molecule has 0 aromatic heterocycles. The van der Waals surface area contributed by atoms with Crippen LogP contribution in [0.4, 0.5) is 10.1 Å². The number of ether oxygens (including phenoxy) is 3. The number of esters is 1. The summed E-state index contributed by atoms with van der Waals surface area (Å²) < 4.78 is 29.4. The van der Waals surface area contributed by atoms with Crippen molar-refractivity contribution in [3.05, 3.63) is 65.5 Å². The van der Waals surface area contributed by atoms with Crippen molar-refractivity contribution in [2.45, 2.75) is 19.4 Å². The fourth-order valence-corrected chi connectivity index (χ4v) is 3.92. The van der Waals surface area contributed by atoms with Crippen molar-refractivity contribution in [2.75, 3.05) is 31.8 Å². The van der Waals surface area contributed by atoms with E-state index in [-0.39, 0.29) is 31.1 Å². The maximum absolute atomic E-state index is 13.8. The SMILES string of the molecule is O=C(/C=C/c1cc(F)cc2c1OCOC2)OCC(=O)N1CCC(C(=O)Nc2ccccc2)CC1. The minimum absolute atomic E-state index is 0.0447. The highest BCUT2D eigenvalue weighted by Gasteiger charge is 2.27. The van der Waals surface area contributed by atoms with Crippen LogP contribution in [-0.4, -0.2) is 49.2 Å². The molecule has 0 atom stereocenters. The van der Waals surface area contributed by atoms with Crippen LogP contribution in [0.25, 0.3) is 6.08 Å². The first kappa shape index (κ1) is 23.4. The number of hydrogen-bond donors (Lipinski definition) is 1. The first-order chi connectivity index (χ1) is 16.5. The van der Waals surface area contributed by atoms with E-state index in [9.17, 15) is 18.8 Å². The molecule has 0 radical (unpaired) electrons. The number of amides is 2. The Balaban J connectivity index is 1.23. The molecular weight excluding hydrogens is 443 g/mol. The monoisotopic (exact) mass is 468 g/mol. The molecule has 9 heteroatoms. The van der Waals surface area contributed by atoms with Gasteiger partial charge in [-0.25, -0.2) is 9.18 Å². The zero-order valence-electron chi connectivity index (χ0n) is 18.5. The summed E-state index contributed by atoms with van der Waals surface area (Å²) in [5.74, 6) is -1.32. The molecule has 0 spiro atoms. The van der Waals surface area contributed by atoms with E-state index in [1.807, 2.05) is 30.3 Å². The van der Waals surface area contributed by atoms with Crippen LogP contribution in [0.2, 0.25) is 0 Å². The zero-order valence-corrected chi connectivity index (χ0v) is 18.5. The van der Waals surface area contributed by atoms with Gasteiger partial charge in [-0.2, -0.15) is 0 Å². The third kappa shape index (κ3) is 5.99. The number of nitrogens with one attached hydrogen (secondary N) is 1. The van der Waals surface area contributed by atoms with Crippen molar-refractivity contribution in [3.63, 3.8) is 0 Å². The van der Waals surface area contributed by atoms with E-state index < -0.39 is 18.4 Å². The Bertz CT molecular complexity index is 1080. The maximum Gasteiger partial charge on any atom is 0.331 e. The zero-order chi connectivity index (χ0) is 23.9. The van der Waals surface area contributed by atoms with Crippen LogP contribution in [0.5, 0.6) is 5.75 Å². The molecule has 2 aliphatic rings. The van der Waals surface area contributed by atoms with Gasteiger partial charge in [-0.3, -0.25) is 9.59 Å². The molecule has 2 heterocycles. The molecule has 8 nitrogen and oxygen atoms in total. The molecule has 1 N–H and O–H groups in total. The van der Waals surface area contributed by atoms with Crippen molar-refractivity contribution < 1.29 is 33.0 Å². The van der Waals surface area contributed by atoms with E-state index in [0.29, 0.717) is 42.8 Å². The largest absolute Gasteiger partial charge is 0.467 e. The number of nitrogens with zero attached hydrogens (tertiary/aromatic N) is 1. The number of anilines is 1. The van der Waals surface area contributed by atoms with Crippen LogP contribution >= 0.6 is 0 Å². The minimum atomic E-state index is -0.726. The molecule has 0 aliphatic carbocycles. The molecule has 0 unspecified atom stereocenters. The number of halogens is 1. The molecule has 0 saturated carbocycles. The summed E-state index contributed by atoms with van der Waals surface area (Å²) in [4.78, 5) is 38.5. The Morgan fingerprint density at radius 3 is 2.68 bits per heavy atom. The average Bonchev–Trinajstić information content (AvgIpc) is 2.86. The normalized spacial score (nSPS) is 16.0. The molecule has 178 valence electrons. The second-order valence-corrected chi connectivity index (χ2v) is 8.05. The predicted molar refractivity (Wildman–Crippen MR) is 121 cm³/mol. The van der Waals surface area contributed by atoms with Gasteiger partial charge < -0.3 is 24.4 Å². The molecule has 0 bridgehead atoms. The van der Waals surface area contributed by atoms with Crippen molar-refractivity contribution in [1.82, 2.24) is 4.90 Å². The first-order valence-electron chi connectivity index (χ1n) is 11.0. The van der Waals surface area contributed by atoms with E-state index in [2.05, 4.69) is 5.32 Å². The number of para-hydroxylation sites is 1. The molecule has 1 saturated heterocycles. The van der Waals surface area contributed by atoms with Crippen molar-refractivity contribution in [1.29, 1.82) is 0 Å². The van der Waals surface area contributed by atoms with Gasteiger partial charge >= 0.3 is 5.97 Å². The smallest absolute Gasteiger partial charge is 0.331 e. The maximum atomic E-state index is 13.8. The summed E-state index contributed by atoms with van der Waals surface area (Å²) in [7, 11) is 0. The lowest BCUT2D eigenvalue weighted by molar-refractivity contribution is -0.149. The number of piperidine rings is 1. The first-order valence-corrected chi connectivity index (χ1v) is 11.0. The van der Waals surface area contributed by atoms with Gasteiger partial charge in [0.2, 0.25) is 5.91 Å². The number of benzene rings is 2. The van der Waals surface area contributed by atoms with Crippen molar-refractivity contribution >= 4 is 29.5 Å². The number of hydrogen-bond acceptors (Lipinski definition) is 6. The molecular formula is C25H25FN2O6. The van der Waals surface area contributed by atoms with Gasteiger partial charge in [0.25, 0.3) is 5.91 Å². The third-order valence-electron chi connectivity index (χ3n) is 5.70. The summed E-state index contributed by atoms with van der Waals surface area (Å²) in [6, 6.07) is 11.8. The summed E-state index contributed by atoms with van der Waals surface area (Å²) in [6.45, 7) is 0.679. The molecule has 2 aliphatic heterocycles. The van der Waals surface area contributed by atoms with Crippen LogP contribution < -0.4 is 10.1 Å². The topological polar surface area (TPSA) is 94.2 Å². The molecule has 4 rings (SSSR count). The highest BCUT2D eigenvalue weighted by molar-refractivity contribution is 5.93. The van der Waals surface area contributed by atoms with Crippen LogP contribution in [0.15, 0.2) is 48.5 Å². The minimum Gasteiger partial charge on any atom is -0.467 e. The van der Waals surface area contributed by atoms with Crippen molar-refractivity contribution in [2.24, 2.45) is 5.92 Å². The van der Waals surface area contributed by atoms with Gasteiger partial charge in [-0.15, -0.1) is 0 Å². The van der Waals surface area contributed by atoms with Crippen LogP contribution in [-0.2, 0) is 30.5 Å². The Morgan fingerprint density at radius 2 is 1.91 bits per heavy atom. The Labute approximate surface area is 196 Å². The molecule has 2 aromatic rings. The highest BCUT2D eigenvalue weighted by Crippen LogP contribution is 2.30. The van der Waals surface area contributed by atoms with Crippen LogP contribution in [0.1, 0.15) is 24.0 Å². The van der Waals surface area contributed by atoms with Gasteiger partial charge in [0.15, 0.2) is 13.4 Å².